The molecule has 0 bridgehead atoms. The first kappa shape index (κ1) is 22.1. The Morgan fingerprint density at radius 3 is 2.27 bits per heavy atom. The largest absolute Gasteiger partial charge is 0.488 e. The molecule has 33 heavy (non-hydrogen) atoms. The van der Waals surface area contributed by atoms with Crippen molar-refractivity contribution in [2.75, 3.05) is 18.0 Å². The van der Waals surface area contributed by atoms with Crippen LogP contribution in [0.2, 0.25) is 0 Å². The van der Waals surface area contributed by atoms with Crippen molar-refractivity contribution in [3.63, 3.8) is 0 Å². The highest BCUT2D eigenvalue weighted by Crippen LogP contribution is 2.47. The van der Waals surface area contributed by atoms with Crippen LogP contribution in [0, 0.1) is 5.92 Å². The molecule has 0 saturated carbocycles. The van der Waals surface area contributed by atoms with E-state index < -0.39 is 0 Å². The zero-order valence-electron chi connectivity index (χ0n) is 20.6. The zero-order chi connectivity index (χ0) is 23.0. The van der Waals surface area contributed by atoms with Crippen LogP contribution < -0.4 is 9.64 Å². The van der Waals surface area contributed by atoms with Gasteiger partial charge in [-0.3, -0.25) is 0 Å². The van der Waals surface area contributed by atoms with Crippen molar-refractivity contribution in [1.82, 2.24) is 0 Å². The lowest BCUT2D eigenvalue weighted by Crippen LogP contribution is -2.46. The molecule has 1 heterocycles. The predicted octanol–water partition coefficient (Wildman–Crippen LogP) is 7.57. The van der Waals surface area contributed by atoms with Crippen molar-refractivity contribution in [1.29, 1.82) is 0 Å². The summed E-state index contributed by atoms with van der Waals surface area (Å²) in [6.07, 6.45) is 3.54. The maximum absolute atomic E-state index is 6.19. The van der Waals surface area contributed by atoms with Gasteiger partial charge in [0.25, 0.3) is 0 Å². The van der Waals surface area contributed by atoms with E-state index in [1.54, 1.807) is 0 Å². The lowest BCUT2D eigenvalue weighted by Gasteiger charge is -2.41. The van der Waals surface area contributed by atoms with E-state index in [-0.39, 0.29) is 5.60 Å². The molecule has 3 aromatic carbocycles. The van der Waals surface area contributed by atoms with Gasteiger partial charge in [0.15, 0.2) is 0 Å². The smallest absolute Gasteiger partial charge is 0.120 e. The Labute approximate surface area is 199 Å². The number of ether oxygens (including phenoxy) is 1. The van der Waals surface area contributed by atoms with Gasteiger partial charge in [-0.1, -0.05) is 55.5 Å². The molecular weight excluding hydrogens is 402 g/mol. The standard InChI is InChI=1S/C31H37NO/c1-5-22-20-32(21-22)26-14-11-24(12-15-26)30-28(23-9-7-6-8-10-23)17-13-25-19-27(16-18-29(25)30)33-31(2,3)4/h6-12,14-16,18-19,22,28,30H,5,13,17,20-21H2,1-4H3/t28-,30+/m1/s1. The molecular formula is C31H37NO. The predicted molar refractivity (Wildman–Crippen MR) is 139 cm³/mol. The lowest BCUT2D eigenvalue weighted by atomic mass is 9.69. The van der Waals surface area contributed by atoms with Crippen LogP contribution >= 0.6 is 0 Å². The van der Waals surface area contributed by atoms with Crippen molar-refractivity contribution in [3.05, 3.63) is 95.1 Å². The average molecular weight is 440 g/mol. The molecule has 1 aliphatic heterocycles. The Kier molecular flexibility index (Phi) is 5.95. The number of benzene rings is 3. The molecule has 0 spiro atoms. The Bertz CT molecular complexity index is 1070. The SMILES string of the molecule is CCC1CN(c2ccc([C@@H]3c4ccc(OC(C)(C)C)cc4CC[C@@H]3c3ccccc3)cc2)C1. The van der Waals surface area contributed by atoms with E-state index in [0.717, 1.165) is 24.5 Å². The molecule has 5 rings (SSSR count). The van der Waals surface area contributed by atoms with Gasteiger partial charge in [-0.2, -0.15) is 0 Å². The molecule has 0 N–H and O–H groups in total. The van der Waals surface area contributed by atoms with Gasteiger partial charge in [0, 0.05) is 24.7 Å². The molecule has 0 aromatic heterocycles. The van der Waals surface area contributed by atoms with Crippen molar-refractivity contribution in [2.45, 2.75) is 64.4 Å². The van der Waals surface area contributed by atoms with Crippen LogP contribution in [-0.2, 0) is 6.42 Å². The second-order valence-corrected chi connectivity index (χ2v) is 10.9. The number of aryl methyl sites for hydroxylation is 1. The summed E-state index contributed by atoms with van der Waals surface area (Å²) in [5.74, 6) is 2.71. The topological polar surface area (TPSA) is 12.5 Å². The van der Waals surface area contributed by atoms with Crippen molar-refractivity contribution in [3.8, 4) is 5.75 Å². The normalized spacial score (nSPS) is 20.8. The van der Waals surface area contributed by atoms with E-state index in [4.69, 9.17) is 4.74 Å². The number of anilines is 1. The van der Waals surface area contributed by atoms with Crippen molar-refractivity contribution < 1.29 is 4.74 Å². The number of fused-ring (bicyclic) bond motifs is 1. The third-order valence-corrected chi connectivity index (χ3v) is 7.38. The fraction of sp³-hybridized carbons (Fsp3) is 0.419. The lowest BCUT2D eigenvalue weighted by molar-refractivity contribution is 0.130. The summed E-state index contributed by atoms with van der Waals surface area (Å²) in [6.45, 7) is 11.0. The third kappa shape index (κ3) is 4.67. The summed E-state index contributed by atoms with van der Waals surface area (Å²) in [4.78, 5) is 2.51. The first-order valence-electron chi connectivity index (χ1n) is 12.6. The molecule has 1 fully saturated rings. The van der Waals surface area contributed by atoms with Gasteiger partial charge >= 0.3 is 0 Å². The number of hydrogen-bond donors (Lipinski definition) is 0. The van der Waals surface area contributed by atoms with Crippen molar-refractivity contribution in [2.24, 2.45) is 5.92 Å². The van der Waals surface area contributed by atoms with E-state index in [1.165, 1.54) is 47.5 Å². The summed E-state index contributed by atoms with van der Waals surface area (Å²) in [6, 6.07) is 27.3. The summed E-state index contributed by atoms with van der Waals surface area (Å²) < 4.78 is 6.19. The Hall–Kier alpha value is -2.74. The number of rotatable bonds is 5. The van der Waals surface area contributed by atoms with E-state index >= 15 is 0 Å². The first-order valence-corrected chi connectivity index (χ1v) is 12.6. The summed E-state index contributed by atoms with van der Waals surface area (Å²) in [7, 11) is 0. The van der Waals surface area contributed by atoms with E-state index in [0.29, 0.717) is 11.8 Å². The second-order valence-electron chi connectivity index (χ2n) is 10.9. The van der Waals surface area contributed by atoms with Crippen LogP contribution in [0.1, 0.15) is 74.6 Å². The van der Waals surface area contributed by atoms with Gasteiger partial charge in [-0.15, -0.1) is 0 Å². The molecule has 1 aliphatic carbocycles. The highest BCUT2D eigenvalue weighted by Gasteiger charge is 2.33. The minimum absolute atomic E-state index is 0.182. The molecule has 2 nitrogen and oxygen atoms in total. The third-order valence-electron chi connectivity index (χ3n) is 7.38. The Morgan fingerprint density at radius 2 is 1.61 bits per heavy atom. The minimum atomic E-state index is -0.182. The molecule has 2 aliphatic rings. The van der Waals surface area contributed by atoms with E-state index in [2.05, 4.69) is 105 Å². The summed E-state index contributed by atoms with van der Waals surface area (Å²) >= 11 is 0. The molecule has 3 aromatic rings. The van der Waals surface area contributed by atoms with Gasteiger partial charge in [0.2, 0.25) is 0 Å². The first-order chi connectivity index (χ1) is 15.9. The van der Waals surface area contributed by atoms with E-state index in [9.17, 15) is 0 Å². The van der Waals surface area contributed by atoms with E-state index in [1.807, 2.05) is 0 Å². The van der Waals surface area contributed by atoms with Gasteiger partial charge < -0.3 is 9.64 Å². The second kappa shape index (κ2) is 8.89. The van der Waals surface area contributed by atoms with Crippen LogP contribution in [0.4, 0.5) is 5.69 Å². The quantitative estimate of drug-likeness (QED) is 0.406. The monoisotopic (exact) mass is 439 g/mol. The van der Waals surface area contributed by atoms with Crippen LogP contribution in [0.3, 0.4) is 0 Å². The minimum Gasteiger partial charge on any atom is -0.488 e. The fourth-order valence-corrected chi connectivity index (χ4v) is 5.62. The molecule has 0 amide bonds. The summed E-state index contributed by atoms with van der Waals surface area (Å²) in [5, 5.41) is 0. The van der Waals surface area contributed by atoms with Gasteiger partial charge in [0.05, 0.1) is 0 Å². The van der Waals surface area contributed by atoms with Crippen molar-refractivity contribution >= 4 is 5.69 Å². The molecule has 172 valence electrons. The molecule has 2 heteroatoms. The molecule has 0 unspecified atom stereocenters. The Morgan fingerprint density at radius 1 is 0.879 bits per heavy atom. The highest BCUT2D eigenvalue weighted by molar-refractivity contribution is 5.53. The summed E-state index contributed by atoms with van der Waals surface area (Å²) in [5.41, 5.74) is 6.94. The zero-order valence-corrected chi connectivity index (χ0v) is 20.6. The van der Waals surface area contributed by atoms with Gasteiger partial charge in [-0.25, -0.2) is 0 Å². The molecule has 0 radical (unpaired) electrons. The number of nitrogens with zero attached hydrogens (tertiary/aromatic N) is 1. The van der Waals surface area contributed by atoms with Crippen LogP contribution in [0.5, 0.6) is 5.75 Å². The van der Waals surface area contributed by atoms with Crippen LogP contribution in [0.15, 0.2) is 72.8 Å². The number of hydrogen-bond acceptors (Lipinski definition) is 2. The Balaban J connectivity index is 1.49. The van der Waals surface area contributed by atoms with Crippen LogP contribution in [0.25, 0.3) is 0 Å². The van der Waals surface area contributed by atoms with Gasteiger partial charge in [0.1, 0.15) is 11.4 Å². The maximum Gasteiger partial charge on any atom is 0.120 e. The average Bonchev–Trinajstić information content (AvgIpc) is 2.77. The van der Waals surface area contributed by atoms with Gasteiger partial charge in [-0.05, 0) is 98.4 Å². The maximum atomic E-state index is 6.19. The molecule has 1 saturated heterocycles. The van der Waals surface area contributed by atoms with Crippen LogP contribution in [-0.4, -0.2) is 18.7 Å². The fourth-order valence-electron chi connectivity index (χ4n) is 5.62. The highest BCUT2D eigenvalue weighted by atomic mass is 16.5. The molecule has 2 atom stereocenters.